The minimum Gasteiger partial charge on any atom is -0.450 e. The van der Waals surface area contributed by atoms with Crippen LogP contribution in [0, 0.1) is 13.8 Å². The largest absolute Gasteiger partial charge is 0.450 e. The Morgan fingerprint density at radius 2 is 1.86 bits per heavy atom. The third-order valence-corrected chi connectivity index (χ3v) is 3.68. The summed E-state index contributed by atoms with van der Waals surface area (Å²) in [7, 11) is 0. The van der Waals surface area contributed by atoms with Crippen LogP contribution in [0.2, 0.25) is 0 Å². The van der Waals surface area contributed by atoms with Crippen molar-refractivity contribution >= 4 is 23.7 Å². The Morgan fingerprint density at radius 1 is 1.11 bits per heavy atom. The van der Waals surface area contributed by atoms with Gasteiger partial charge in [-0.1, -0.05) is 30.3 Å². The van der Waals surface area contributed by atoms with Crippen LogP contribution in [0.4, 0.5) is 4.79 Å². The van der Waals surface area contributed by atoms with Crippen LogP contribution in [0.5, 0.6) is 0 Å². The molecule has 1 aromatic carbocycles. The third kappa shape index (κ3) is 4.67. The van der Waals surface area contributed by atoms with Crippen molar-refractivity contribution in [1.82, 2.24) is 30.2 Å². The second kappa shape index (κ2) is 8.25. The molecule has 0 unspecified atom stereocenters. The first-order valence-corrected chi connectivity index (χ1v) is 8.42. The number of hydrogen-bond acceptors (Lipinski definition) is 7. The predicted molar refractivity (Wildman–Crippen MR) is 97.4 cm³/mol. The standard InChI is InChI=1S/C18H18N6O4/c1-11-8-12(2)24-17(20-11)22-15(23-24)16(26)28-10-14(25)21-18(27)19-9-13-6-4-3-5-7-13/h3-8H,9-10H2,1-2H3,(H2,19,21,25,27). The van der Waals surface area contributed by atoms with Crippen LogP contribution in [0.3, 0.4) is 0 Å². The van der Waals surface area contributed by atoms with Gasteiger partial charge in [-0.2, -0.15) is 4.98 Å². The molecule has 10 nitrogen and oxygen atoms in total. The van der Waals surface area contributed by atoms with Crippen molar-refractivity contribution in [1.29, 1.82) is 0 Å². The number of benzene rings is 1. The summed E-state index contributed by atoms with van der Waals surface area (Å²) in [6.07, 6.45) is 0. The molecular formula is C18H18N6O4. The molecule has 0 aliphatic heterocycles. The highest BCUT2D eigenvalue weighted by molar-refractivity contribution is 5.96. The summed E-state index contributed by atoms with van der Waals surface area (Å²) in [6, 6.07) is 10.3. The number of fused-ring (bicyclic) bond motifs is 1. The zero-order valence-electron chi connectivity index (χ0n) is 15.3. The summed E-state index contributed by atoms with van der Waals surface area (Å²) in [4.78, 5) is 43.7. The number of amides is 3. The van der Waals surface area contributed by atoms with Gasteiger partial charge in [-0.15, -0.1) is 5.10 Å². The number of aromatic nitrogens is 4. The van der Waals surface area contributed by atoms with Crippen LogP contribution in [0.15, 0.2) is 36.4 Å². The molecule has 2 N–H and O–H groups in total. The van der Waals surface area contributed by atoms with Gasteiger partial charge >= 0.3 is 12.0 Å². The average molecular weight is 382 g/mol. The Labute approximate surface area is 159 Å². The molecular weight excluding hydrogens is 364 g/mol. The van der Waals surface area contributed by atoms with E-state index in [1.807, 2.05) is 30.3 Å². The van der Waals surface area contributed by atoms with Gasteiger partial charge in [0.25, 0.3) is 17.5 Å². The highest BCUT2D eigenvalue weighted by Gasteiger charge is 2.18. The lowest BCUT2D eigenvalue weighted by molar-refractivity contribution is -0.123. The van der Waals surface area contributed by atoms with Crippen LogP contribution in [0.25, 0.3) is 5.78 Å². The number of nitrogens with one attached hydrogen (secondary N) is 2. The number of ether oxygens (including phenoxy) is 1. The topological polar surface area (TPSA) is 128 Å². The van der Waals surface area contributed by atoms with E-state index in [0.717, 1.165) is 17.0 Å². The SMILES string of the molecule is Cc1cc(C)n2nc(C(=O)OCC(=O)NC(=O)NCc3ccccc3)nc2n1. The molecule has 2 heterocycles. The molecule has 3 rings (SSSR count). The van der Waals surface area contributed by atoms with Crippen molar-refractivity contribution in [2.75, 3.05) is 6.61 Å². The number of urea groups is 1. The molecule has 28 heavy (non-hydrogen) atoms. The molecule has 0 radical (unpaired) electrons. The first-order chi connectivity index (χ1) is 13.4. The van der Waals surface area contributed by atoms with Crippen molar-refractivity contribution in [3.8, 4) is 0 Å². The second-order valence-electron chi connectivity index (χ2n) is 5.98. The van der Waals surface area contributed by atoms with E-state index in [0.29, 0.717) is 0 Å². The minimum absolute atomic E-state index is 0.220. The Balaban J connectivity index is 1.49. The molecule has 3 amide bonds. The molecule has 10 heteroatoms. The molecule has 0 saturated heterocycles. The van der Waals surface area contributed by atoms with Crippen LogP contribution in [-0.2, 0) is 16.1 Å². The van der Waals surface area contributed by atoms with E-state index in [1.54, 1.807) is 19.9 Å². The monoisotopic (exact) mass is 382 g/mol. The van der Waals surface area contributed by atoms with Gasteiger partial charge in [0.15, 0.2) is 6.61 Å². The van der Waals surface area contributed by atoms with Gasteiger partial charge in [-0.3, -0.25) is 10.1 Å². The number of carbonyl (C=O) groups is 3. The molecule has 0 bridgehead atoms. The zero-order valence-corrected chi connectivity index (χ0v) is 15.3. The van der Waals surface area contributed by atoms with E-state index in [4.69, 9.17) is 4.74 Å². The first-order valence-electron chi connectivity index (χ1n) is 8.42. The van der Waals surface area contributed by atoms with Crippen molar-refractivity contribution < 1.29 is 19.1 Å². The van der Waals surface area contributed by atoms with Crippen molar-refractivity contribution in [2.45, 2.75) is 20.4 Å². The summed E-state index contributed by atoms with van der Waals surface area (Å²) < 4.78 is 6.26. The molecule has 0 atom stereocenters. The van der Waals surface area contributed by atoms with E-state index in [1.165, 1.54) is 4.52 Å². The fourth-order valence-corrected chi connectivity index (χ4v) is 2.43. The van der Waals surface area contributed by atoms with Gasteiger partial charge < -0.3 is 10.1 Å². The van der Waals surface area contributed by atoms with Crippen LogP contribution < -0.4 is 10.6 Å². The maximum absolute atomic E-state index is 12.0. The first kappa shape index (κ1) is 19.0. The number of nitrogens with zero attached hydrogens (tertiary/aromatic N) is 4. The number of carbonyl (C=O) groups excluding carboxylic acids is 3. The van der Waals surface area contributed by atoms with Gasteiger partial charge in [0.05, 0.1) is 0 Å². The quantitative estimate of drug-likeness (QED) is 0.628. The summed E-state index contributed by atoms with van der Waals surface area (Å²) >= 11 is 0. The van der Waals surface area contributed by atoms with E-state index in [9.17, 15) is 14.4 Å². The van der Waals surface area contributed by atoms with Gasteiger partial charge in [0.1, 0.15) is 0 Å². The smallest absolute Gasteiger partial charge is 0.378 e. The van der Waals surface area contributed by atoms with Crippen molar-refractivity contribution in [3.05, 3.63) is 59.2 Å². The van der Waals surface area contributed by atoms with Crippen molar-refractivity contribution in [3.63, 3.8) is 0 Å². The molecule has 3 aromatic rings. The average Bonchev–Trinajstić information content (AvgIpc) is 3.10. The maximum Gasteiger partial charge on any atom is 0.378 e. The molecule has 0 fully saturated rings. The molecule has 0 spiro atoms. The molecule has 0 aliphatic rings. The van der Waals surface area contributed by atoms with Gasteiger partial charge in [-0.25, -0.2) is 19.1 Å². The van der Waals surface area contributed by atoms with Crippen LogP contribution >= 0.6 is 0 Å². The van der Waals surface area contributed by atoms with Gasteiger partial charge in [-0.05, 0) is 25.5 Å². The van der Waals surface area contributed by atoms with Crippen LogP contribution in [-0.4, -0.2) is 44.1 Å². The normalized spacial score (nSPS) is 10.5. The molecule has 144 valence electrons. The molecule has 2 aromatic heterocycles. The number of aryl methyl sites for hydroxylation is 2. The van der Waals surface area contributed by atoms with Crippen molar-refractivity contribution in [2.24, 2.45) is 0 Å². The van der Waals surface area contributed by atoms with Gasteiger partial charge in [0.2, 0.25) is 0 Å². The summed E-state index contributed by atoms with van der Waals surface area (Å²) in [5.41, 5.74) is 2.37. The Hall–Kier alpha value is -3.82. The Morgan fingerprint density at radius 3 is 2.61 bits per heavy atom. The Kier molecular flexibility index (Phi) is 5.58. The van der Waals surface area contributed by atoms with Crippen LogP contribution in [0.1, 0.15) is 27.6 Å². The Bertz CT molecular complexity index is 1030. The van der Waals surface area contributed by atoms with Gasteiger partial charge in [0, 0.05) is 17.9 Å². The highest BCUT2D eigenvalue weighted by atomic mass is 16.5. The predicted octanol–water partition coefficient (Wildman–Crippen LogP) is 0.924. The summed E-state index contributed by atoms with van der Waals surface area (Å²) in [6.45, 7) is 3.22. The minimum atomic E-state index is -0.887. The summed E-state index contributed by atoms with van der Waals surface area (Å²) in [5, 5.41) is 8.62. The van der Waals surface area contributed by atoms with E-state index in [2.05, 4.69) is 25.7 Å². The molecule has 0 aliphatic carbocycles. The summed E-state index contributed by atoms with van der Waals surface area (Å²) in [5.74, 6) is -1.62. The number of esters is 1. The zero-order chi connectivity index (χ0) is 20.1. The lowest BCUT2D eigenvalue weighted by Crippen LogP contribution is -2.41. The number of rotatable bonds is 5. The fraction of sp³-hybridized carbons (Fsp3) is 0.222. The second-order valence-corrected chi connectivity index (χ2v) is 5.98. The fourth-order valence-electron chi connectivity index (χ4n) is 2.43. The third-order valence-electron chi connectivity index (χ3n) is 3.68. The van der Waals surface area contributed by atoms with E-state index < -0.39 is 24.5 Å². The number of hydrogen-bond donors (Lipinski definition) is 2. The van der Waals surface area contributed by atoms with E-state index >= 15 is 0 Å². The highest BCUT2D eigenvalue weighted by Crippen LogP contribution is 2.06. The maximum atomic E-state index is 12.0. The number of imide groups is 1. The van der Waals surface area contributed by atoms with E-state index in [-0.39, 0.29) is 18.1 Å². The molecule has 0 saturated carbocycles. The lowest BCUT2D eigenvalue weighted by Gasteiger charge is -2.07. The lowest BCUT2D eigenvalue weighted by atomic mass is 10.2.